The third-order valence-electron chi connectivity index (χ3n) is 9.67. The van der Waals surface area contributed by atoms with Crippen molar-refractivity contribution < 1.29 is 0 Å². The van der Waals surface area contributed by atoms with Gasteiger partial charge in [-0.1, -0.05) is 117 Å². The Labute approximate surface area is 267 Å². The van der Waals surface area contributed by atoms with Crippen LogP contribution in [0.2, 0.25) is 0 Å². The molecule has 1 aromatic heterocycles. The van der Waals surface area contributed by atoms with Gasteiger partial charge in [-0.15, -0.1) is 11.3 Å². The molecule has 0 unspecified atom stereocenters. The number of hydrogen-bond acceptors (Lipinski definition) is 2. The third-order valence-corrected chi connectivity index (χ3v) is 10.8. The molecule has 0 radical (unpaired) electrons. The first-order valence-corrected chi connectivity index (χ1v) is 16.4. The molecule has 7 aromatic carbocycles. The topological polar surface area (TPSA) is 3.24 Å². The number of thiophene rings is 1. The second kappa shape index (κ2) is 9.92. The minimum absolute atomic E-state index is 0.0688. The van der Waals surface area contributed by atoms with E-state index in [2.05, 4.69) is 170 Å². The second-order valence-corrected chi connectivity index (χ2v) is 13.7. The zero-order chi connectivity index (χ0) is 30.1. The lowest BCUT2D eigenvalue weighted by Gasteiger charge is -2.29. The van der Waals surface area contributed by atoms with Crippen molar-refractivity contribution in [2.24, 2.45) is 0 Å². The Morgan fingerprint density at radius 2 is 1.13 bits per heavy atom. The molecule has 1 heterocycles. The normalized spacial score (nSPS) is 13.3. The van der Waals surface area contributed by atoms with Crippen molar-refractivity contribution in [3.8, 4) is 22.3 Å². The molecule has 0 bridgehead atoms. The summed E-state index contributed by atoms with van der Waals surface area (Å²) < 4.78 is 2.67. The van der Waals surface area contributed by atoms with Crippen LogP contribution in [0.25, 0.3) is 53.2 Å². The van der Waals surface area contributed by atoms with E-state index in [1.165, 1.54) is 75.7 Å². The van der Waals surface area contributed by atoms with Crippen LogP contribution in [-0.2, 0) is 5.41 Å². The van der Waals surface area contributed by atoms with Gasteiger partial charge in [0.1, 0.15) is 0 Å². The second-order valence-electron chi connectivity index (χ2n) is 12.6. The van der Waals surface area contributed by atoms with Gasteiger partial charge in [-0.25, -0.2) is 0 Å². The van der Waals surface area contributed by atoms with E-state index in [0.29, 0.717) is 0 Å². The van der Waals surface area contributed by atoms with Gasteiger partial charge in [0.05, 0.1) is 5.69 Å². The van der Waals surface area contributed by atoms with Gasteiger partial charge < -0.3 is 4.90 Å². The van der Waals surface area contributed by atoms with Gasteiger partial charge in [-0.3, -0.25) is 0 Å². The van der Waals surface area contributed by atoms with E-state index in [4.69, 9.17) is 0 Å². The zero-order valence-corrected chi connectivity index (χ0v) is 26.1. The molecule has 0 N–H and O–H groups in total. The molecular formula is C43H31NS. The summed E-state index contributed by atoms with van der Waals surface area (Å²) in [6.45, 7) is 4.71. The highest BCUT2D eigenvalue weighted by Gasteiger charge is 2.35. The molecule has 0 fully saturated rings. The first kappa shape index (κ1) is 26.2. The Morgan fingerprint density at radius 3 is 2.02 bits per heavy atom. The standard InChI is InChI=1S/C43H31NS/c1-43(2)38-15-7-5-13-34(38)35-24-23-32(27-39(35)43)44(40-16-9-11-29-10-3-4-12-33(29)40)31-21-18-28(19-22-31)30-20-25-42-37(26-30)36-14-6-8-17-41(36)45-42/h3-27H,1-2H3. The monoisotopic (exact) mass is 593 g/mol. The summed E-state index contributed by atoms with van der Waals surface area (Å²) in [6.07, 6.45) is 0. The molecule has 9 rings (SSSR count). The summed E-state index contributed by atoms with van der Waals surface area (Å²) in [7, 11) is 0. The van der Waals surface area contributed by atoms with Gasteiger partial charge in [-0.05, 0) is 87.3 Å². The third kappa shape index (κ3) is 4.06. The molecule has 214 valence electrons. The molecular weight excluding hydrogens is 563 g/mol. The van der Waals surface area contributed by atoms with Crippen LogP contribution in [0.5, 0.6) is 0 Å². The fourth-order valence-electron chi connectivity index (χ4n) is 7.37. The molecule has 2 heteroatoms. The highest BCUT2D eigenvalue weighted by Crippen LogP contribution is 2.51. The number of fused-ring (bicyclic) bond motifs is 7. The van der Waals surface area contributed by atoms with Gasteiger partial charge in [-0.2, -0.15) is 0 Å². The van der Waals surface area contributed by atoms with Crippen molar-refractivity contribution in [3.05, 3.63) is 163 Å². The zero-order valence-electron chi connectivity index (χ0n) is 25.3. The summed E-state index contributed by atoms with van der Waals surface area (Å²) in [5.41, 5.74) is 11.3. The van der Waals surface area contributed by atoms with Crippen LogP contribution in [0.15, 0.2) is 152 Å². The Morgan fingerprint density at radius 1 is 0.467 bits per heavy atom. The minimum atomic E-state index is -0.0688. The molecule has 0 atom stereocenters. The van der Waals surface area contributed by atoms with E-state index in [-0.39, 0.29) is 5.41 Å². The van der Waals surface area contributed by atoms with E-state index in [1.54, 1.807) is 0 Å². The summed E-state index contributed by atoms with van der Waals surface area (Å²) in [5, 5.41) is 5.14. The fourth-order valence-corrected chi connectivity index (χ4v) is 8.46. The van der Waals surface area contributed by atoms with Crippen LogP contribution in [0.3, 0.4) is 0 Å². The maximum Gasteiger partial charge on any atom is 0.0540 e. The van der Waals surface area contributed by atoms with Gasteiger partial charge in [0, 0.05) is 42.3 Å². The largest absolute Gasteiger partial charge is 0.310 e. The molecule has 0 amide bonds. The number of benzene rings is 7. The van der Waals surface area contributed by atoms with Crippen molar-refractivity contribution in [1.29, 1.82) is 0 Å². The van der Waals surface area contributed by atoms with Crippen LogP contribution in [0.1, 0.15) is 25.0 Å². The van der Waals surface area contributed by atoms with Crippen LogP contribution < -0.4 is 4.90 Å². The van der Waals surface area contributed by atoms with Gasteiger partial charge in [0.25, 0.3) is 0 Å². The average molecular weight is 594 g/mol. The molecule has 0 aliphatic heterocycles. The van der Waals surface area contributed by atoms with Gasteiger partial charge in [0.2, 0.25) is 0 Å². The van der Waals surface area contributed by atoms with Crippen LogP contribution in [-0.4, -0.2) is 0 Å². The molecule has 1 aliphatic carbocycles. The predicted molar refractivity (Wildman–Crippen MR) is 195 cm³/mol. The Kier molecular flexibility index (Phi) is 5.78. The summed E-state index contributed by atoms with van der Waals surface area (Å²) in [6, 6.07) is 55.9. The predicted octanol–water partition coefficient (Wildman–Crippen LogP) is 12.7. The van der Waals surface area contributed by atoms with Crippen LogP contribution in [0.4, 0.5) is 17.1 Å². The van der Waals surface area contributed by atoms with E-state index < -0.39 is 0 Å². The average Bonchev–Trinajstić information content (AvgIpc) is 3.57. The quantitative estimate of drug-likeness (QED) is 0.196. The number of rotatable bonds is 4. The maximum atomic E-state index is 2.43. The van der Waals surface area contributed by atoms with Crippen molar-refractivity contribution in [2.45, 2.75) is 19.3 Å². The van der Waals surface area contributed by atoms with Crippen molar-refractivity contribution in [2.75, 3.05) is 4.90 Å². The molecule has 1 aliphatic rings. The van der Waals surface area contributed by atoms with Crippen molar-refractivity contribution in [3.63, 3.8) is 0 Å². The number of anilines is 3. The number of hydrogen-bond donors (Lipinski definition) is 0. The fraction of sp³-hybridized carbons (Fsp3) is 0.0698. The lowest BCUT2D eigenvalue weighted by Crippen LogP contribution is -2.16. The maximum absolute atomic E-state index is 2.43. The van der Waals surface area contributed by atoms with E-state index in [1.807, 2.05) is 11.3 Å². The minimum Gasteiger partial charge on any atom is -0.310 e. The summed E-state index contributed by atoms with van der Waals surface area (Å²) in [4.78, 5) is 2.43. The van der Waals surface area contributed by atoms with E-state index in [0.717, 1.165) is 5.69 Å². The molecule has 45 heavy (non-hydrogen) atoms. The van der Waals surface area contributed by atoms with E-state index >= 15 is 0 Å². The molecule has 1 nitrogen and oxygen atoms in total. The SMILES string of the molecule is CC1(C)c2ccccc2-c2ccc(N(c3ccc(-c4ccc5sc6ccccc6c5c4)cc3)c3cccc4ccccc34)cc21. The van der Waals surface area contributed by atoms with Gasteiger partial charge in [0.15, 0.2) is 0 Å². The van der Waals surface area contributed by atoms with Crippen LogP contribution in [0, 0.1) is 0 Å². The van der Waals surface area contributed by atoms with Crippen molar-refractivity contribution in [1.82, 2.24) is 0 Å². The lowest BCUT2D eigenvalue weighted by molar-refractivity contribution is 0.660. The highest BCUT2D eigenvalue weighted by atomic mass is 32.1. The number of nitrogens with zero attached hydrogens (tertiary/aromatic N) is 1. The van der Waals surface area contributed by atoms with E-state index in [9.17, 15) is 0 Å². The lowest BCUT2D eigenvalue weighted by atomic mass is 9.82. The summed E-state index contributed by atoms with van der Waals surface area (Å²) >= 11 is 1.87. The molecule has 0 saturated carbocycles. The molecule has 8 aromatic rings. The van der Waals surface area contributed by atoms with Crippen LogP contribution >= 0.6 is 11.3 Å². The highest BCUT2D eigenvalue weighted by molar-refractivity contribution is 7.25. The Balaban J connectivity index is 1.19. The first-order chi connectivity index (χ1) is 22.1. The summed E-state index contributed by atoms with van der Waals surface area (Å²) in [5.74, 6) is 0. The Bertz CT molecular complexity index is 2410. The molecule has 0 spiro atoms. The first-order valence-electron chi connectivity index (χ1n) is 15.6. The van der Waals surface area contributed by atoms with Gasteiger partial charge >= 0.3 is 0 Å². The Hall–Kier alpha value is -5.18. The van der Waals surface area contributed by atoms with Crippen molar-refractivity contribution >= 4 is 59.3 Å². The smallest absolute Gasteiger partial charge is 0.0540 e. The molecule has 0 saturated heterocycles.